The first-order valence-electron chi connectivity index (χ1n) is 13.5. The molecular formula is C33H34N2O4. The van der Waals surface area contributed by atoms with Crippen molar-refractivity contribution < 1.29 is 18.7 Å². The molecule has 0 bridgehead atoms. The number of ether oxygens (including phenoxy) is 1. The molecule has 1 aliphatic rings. The van der Waals surface area contributed by atoms with E-state index in [0.29, 0.717) is 31.0 Å². The van der Waals surface area contributed by atoms with E-state index in [9.17, 15) is 9.59 Å². The molecule has 0 aliphatic carbocycles. The standard InChI is InChI=1S/C33H34N2O4/c1-4-31(36)35-17-16-25-12-13-27(19-29(25)32(35)26-10-8-22(2)9-11-26)38-21-28-14-15-30(39-28)33(37)34-20-24-7-5-6-23(3)18-24/h5-15,18-19,32H,4,16-17,20-21H2,1-3H3,(H,34,37)/t32-/m1/s1. The van der Waals surface area contributed by atoms with Gasteiger partial charge in [-0.05, 0) is 66.8 Å². The Bertz CT molecular complexity index is 1470. The van der Waals surface area contributed by atoms with E-state index in [1.54, 1.807) is 12.1 Å². The van der Waals surface area contributed by atoms with Crippen molar-refractivity contribution in [2.24, 2.45) is 0 Å². The van der Waals surface area contributed by atoms with Crippen LogP contribution in [0.4, 0.5) is 0 Å². The first-order valence-corrected chi connectivity index (χ1v) is 13.5. The van der Waals surface area contributed by atoms with Gasteiger partial charge < -0.3 is 19.4 Å². The van der Waals surface area contributed by atoms with Crippen LogP contribution in [-0.4, -0.2) is 23.3 Å². The summed E-state index contributed by atoms with van der Waals surface area (Å²) in [6.45, 7) is 7.31. The van der Waals surface area contributed by atoms with Crippen molar-refractivity contribution in [2.45, 2.75) is 52.8 Å². The van der Waals surface area contributed by atoms with E-state index in [2.05, 4.69) is 42.6 Å². The number of rotatable bonds is 8. The number of benzene rings is 3. The highest BCUT2D eigenvalue weighted by atomic mass is 16.5. The second-order valence-corrected chi connectivity index (χ2v) is 10.1. The van der Waals surface area contributed by atoms with E-state index in [1.165, 1.54) is 11.1 Å². The molecule has 0 spiro atoms. The second-order valence-electron chi connectivity index (χ2n) is 10.1. The summed E-state index contributed by atoms with van der Waals surface area (Å²) in [4.78, 5) is 27.4. The number of nitrogens with zero attached hydrogens (tertiary/aromatic N) is 1. The number of fused-ring (bicyclic) bond motifs is 1. The Morgan fingerprint density at radius 1 is 0.974 bits per heavy atom. The number of carbonyl (C=O) groups excluding carboxylic acids is 2. The van der Waals surface area contributed by atoms with Crippen LogP contribution < -0.4 is 10.1 Å². The lowest BCUT2D eigenvalue weighted by atomic mass is 9.87. The van der Waals surface area contributed by atoms with Crippen LogP contribution in [0.1, 0.15) is 69.1 Å². The van der Waals surface area contributed by atoms with Crippen LogP contribution in [0, 0.1) is 13.8 Å². The monoisotopic (exact) mass is 522 g/mol. The SMILES string of the molecule is CCC(=O)N1CCc2ccc(OCc3ccc(C(=O)NCc4cccc(C)c4)o3)cc2[C@H]1c1ccc(C)cc1. The van der Waals surface area contributed by atoms with Crippen LogP contribution in [-0.2, 0) is 24.4 Å². The van der Waals surface area contributed by atoms with Gasteiger partial charge >= 0.3 is 0 Å². The maximum atomic E-state index is 12.9. The lowest BCUT2D eigenvalue weighted by Crippen LogP contribution is -2.40. The van der Waals surface area contributed by atoms with Crippen LogP contribution in [0.3, 0.4) is 0 Å². The highest BCUT2D eigenvalue weighted by Crippen LogP contribution is 2.37. The van der Waals surface area contributed by atoms with Gasteiger partial charge in [0.1, 0.15) is 18.1 Å². The molecule has 4 aromatic rings. The lowest BCUT2D eigenvalue weighted by molar-refractivity contribution is -0.132. The van der Waals surface area contributed by atoms with Crippen LogP contribution in [0.2, 0.25) is 0 Å². The fourth-order valence-electron chi connectivity index (χ4n) is 5.09. The van der Waals surface area contributed by atoms with Crippen LogP contribution in [0.5, 0.6) is 5.75 Å². The molecule has 0 fully saturated rings. The van der Waals surface area contributed by atoms with Gasteiger partial charge in [0.05, 0.1) is 6.04 Å². The molecule has 1 atom stereocenters. The first kappa shape index (κ1) is 26.3. The van der Waals surface area contributed by atoms with Gasteiger partial charge in [0.25, 0.3) is 5.91 Å². The molecule has 0 radical (unpaired) electrons. The summed E-state index contributed by atoms with van der Waals surface area (Å²) < 4.78 is 11.9. The zero-order valence-electron chi connectivity index (χ0n) is 22.7. The van der Waals surface area contributed by atoms with Crippen molar-refractivity contribution >= 4 is 11.8 Å². The van der Waals surface area contributed by atoms with Crippen molar-refractivity contribution in [3.05, 3.63) is 124 Å². The summed E-state index contributed by atoms with van der Waals surface area (Å²) in [6, 6.07) is 25.8. The Hall–Kier alpha value is -4.32. The van der Waals surface area contributed by atoms with Gasteiger partial charge in [-0.25, -0.2) is 0 Å². The van der Waals surface area contributed by atoms with Crippen molar-refractivity contribution in [2.75, 3.05) is 6.54 Å². The maximum Gasteiger partial charge on any atom is 0.287 e. The highest BCUT2D eigenvalue weighted by molar-refractivity contribution is 5.91. The predicted octanol–water partition coefficient (Wildman–Crippen LogP) is 6.29. The van der Waals surface area contributed by atoms with Crippen molar-refractivity contribution in [3.8, 4) is 5.75 Å². The summed E-state index contributed by atoms with van der Waals surface area (Å²) in [7, 11) is 0. The van der Waals surface area contributed by atoms with E-state index in [0.717, 1.165) is 28.7 Å². The number of nitrogens with one attached hydrogen (secondary N) is 1. The normalized spacial score (nSPS) is 14.5. The minimum Gasteiger partial charge on any atom is -0.486 e. The Kier molecular flexibility index (Phi) is 7.82. The molecule has 2 heterocycles. The molecular weight excluding hydrogens is 488 g/mol. The minimum absolute atomic E-state index is 0.140. The number of hydrogen-bond acceptors (Lipinski definition) is 4. The van der Waals surface area contributed by atoms with E-state index in [-0.39, 0.29) is 30.2 Å². The van der Waals surface area contributed by atoms with Gasteiger partial charge in [-0.3, -0.25) is 9.59 Å². The number of hydrogen-bond donors (Lipinski definition) is 1. The quantitative estimate of drug-likeness (QED) is 0.295. The molecule has 0 saturated heterocycles. The Morgan fingerprint density at radius 3 is 2.56 bits per heavy atom. The van der Waals surface area contributed by atoms with Gasteiger partial charge in [-0.2, -0.15) is 0 Å². The summed E-state index contributed by atoms with van der Waals surface area (Å²) in [6.07, 6.45) is 1.27. The van der Waals surface area contributed by atoms with Gasteiger partial charge in [0, 0.05) is 19.5 Å². The molecule has 0 saturated carbocycles. The van der Waals surface area contributed by atoms with E-state index in [1.807, 2.05) is 55.1 Å². The minimum atomic E-state index is -0.266. The van der Waals surface area contributed by atoms with Crippen molar-refractivity contribution in [1.29, 1.82) is 0 Å². The fourth-order valence-corrected chi connectivity index (χ4v) is 5.09. The molecule has 200 valence electrons. The Morgan fingerprint density at radius 2 is 1.79 bits per heavy atom. The fraction of sp³-hybridized carbons (Fsp3) is 0.273. The molecule has 2 amide bonds. The third kappa shape index (κ3) is 6.06. The largest absolute Gasteiger partial charge is 0.486 e. The summed E-state index contributed by atoms with van der Waals surface area (Å²) in [5.74, 6) is 1.38. The molecule has 6 nitrogen and oxygen atoms in total. The molecule has 0 unspecified atom stereocenters. The zero-order valence-corrected chi connectivity index (χ0v) is 22.7. The summed E-state index contributed by atoms with van der Waals surface area (Å²) >= 11 is 0. The van der Waals surface area contributed by atoms with Crippen molar-refractivity contribution in [3.63, 3.8) is 0 Å². The average Bonchev–Trinajstić information content (AvgIpc) is 3.43. The molecule has 1 aliphatic heterocycles. The number of carbonyl (C=O) groups is 2. The third-order valence-corrected chi connectivity index (χ3v) is 7.16. The molecule has 1 N–H and O–H groups in total. The first-order chi connectivity index (χ1) is 18.9. The summed E-state index contributed by atoms with van der Waals surface area (Å²) in [5, 5.41) is 2.90. The van der Waals surface area contributed by atoms with E-state index >= 15 is 0 Å². The predicted molar refractivity (Wildman–Crippen MR) is 151 cm³/mol. The number of amides is 2. The van der Waals surface area contributed by atoms with Gasteiger partial charge in [-0.1, -0.05) is 72.6 Å². The molecule has 1 aromatic heterocycles. The maximum absolute atomic E-state index is 12.9. The average molecular weight is 523 g/mol. The number of aryl methyl sites for hydroxylation is 2. The smallest absolute Gasteiger partial charge is 0.287 e. The van der Waals surface area contributed by atoms with Gasteiger partial charge in [-0.15, -0.1) is 0 Å². The van der Waals surface area contributed by atoms with E-state index < -0.39 is 0 Å². The molecule has 6 heteroatoms. The number of furan rings is 1. The van der Waals surface area contributed by atoms with Crippen LogP contribution in [0.25, 0.3) is 0 Å². The molecule has 5 rings (SSSR count). The Balaban J connectivity index is 1.29. The van der Waals surface area contributed by atoms with Gasteiger partial charge in [0.15, 0.2) is 5.76 Å². The molecule has 39 heavy (non-hydrogen) atoms. The van der Waals surface area contributed by atoms with Crippen LogP contribution >= 0.6 is 0 Å². The van der Waals surface area contributed by atoms with E-state index in [4.69, 9.17) is 9.15 Å². The lowest BCUT2D eigenvalue weighted by Gasteiger charge is -2.38. The highest BCUT2D eigenvalue weighted by Gasteiger charge is 2.31. The Labute approximate surface area is 229 Å². The van der Waals surface area contributed by atoms with Gasteiger partial charge in [0.2, 0.25) is 5.91 Å². The summed E-state index contributed by atoms with van der Waals surface area (Å²) in [5.41, 5.74) is 6.76. The van der Waals surface area contributed by atoms with Crippen LogP contribution in [0.15, 0.2) is 83.3 Å². The topological polar surface area (TPSA) is 71.8 Å². The van der Waals surface area contributed by atoms with Crippen molar-refractivity contribution in [1.82, 2.24) is 10.2 Å². The second kappa shape index (κ2) is 11.6. The molecule has 3 aromatic carbocycles. The third-order valence-electron chi connectivity index (χ3n) is 7.16. The zero-order chi connectivity index (χ0) is 27.4.